The Bertz CT molecular complexity index is 1110. The Hall–Kier alpha value is -3.11. The lowest BCUT2D eigenvalue weighted by molar-refractivity contribution is -0.116. The van der Waals surface area contributed by atoms with Gasteiger partial charge in [0.1, 0.15) is 10.6 Å². The molecule has 178 valence electrons. The molecule has 0 spiro atoms. The van der Waals surface area contributed by atoms with Crippen molar-refractivity contribution < 1.29 is 22.7 Å². The highest BCUT2D eigenvalue weighted by Gasteiger charge is 2.29. The normalized spacial score (nSPS) is 15.5. The summed E-state index contributed by atoms with van der Waals surface area (Å²) >= 11 is 0. The molecule has 0 aromatic heterocycles. The third kappa shape index (κ3) is 6.23. The van der Waals surface area contributed by atoms with E-state index in [-0.39, 0.29) is 17.1 Å². The number of primary amides is 1. The highest BCUT2D eigenvalue weighted by Crippen LogP contribution is 2.31. The largest absolute Gasteiger partial charge is 0.495 e. The van der Waals surface area contributed by atoms with Crippen molar-refractivity contribution in [3.8, 4) is 5.75 Å². The van der Waals surface area contributed by atoms with Gasteiger partial charge in [-0.2, -0.15) is 4.31 Å². The van der Waals surface area contributed by atoms with Crippen molar-refractivity contribution in [1.82, 2.24) is 9.62 Å². The molecule has 33 heavy (non-hydrogen) atoms. The molecule has 2 aromatic rings. The average Bonchev–Trinajstić information content (AvgIpc) is 2.79. The zero-order valence-electron chi connectivity index (χ0n) is 18.8. The molecule has 1 saturated heterocycles. The second-order valence-electron chi connectivity index (χ2n) is 8.06. The number of ether oxygens (including phenoxy) is 1. The third-order valence-corrected chi connectivity index (χ3v) is 7.45. The number of piperidine rings is 1. The second-order valence-corrected chi connectivity index (χ2v) is 9.96. The van der Waals surface area contributed by atoms with Crippen molar-refractivity contribution in [3.05, 3.63) is 53.6 Å². The fourth-order valence-electron chi connectivity index (χ4n) is 3.91. The molecule has 0 unspecified atom stereocenters. The number of carbonyl (C=O) groups excluding carboxylic acids is 2. The summed E-state index contributed by atoms with van der Waals surface area (Å²) in [4.78, 5) is 24.3. The van der Waals surface area contributed by atoms with E-state index in [4.69, 9.17) is 10.5 Å². The molecular formula is C23H30N4O5S. The topological polar surface area (TPSA) is 131 Å². The monoisotopic (exact) mass is 474 g/mol. The summed E-state index contributed by atoms with van der Waals surface area (Å²) < 4.78 is 33.1. The highest BCUT2D eigenvalue weighted by molar-refractivity contribution is 7.89. The van der Waals surface area contributed by atoms with Gasteiger partial charge in [-0.1, -0.05) is 36.2 Å². The minimum atomic E-state index is -3.77. The van der Waals surface area contributed by atoms with Gasteiger partial charge in [-0.05, 0) is 43.5 Å². The maximum atomic E-state index is 13.2. The van der Waals surface area contributed by atoms with Gasteiger partial charge in [0.05, 0.1) is 19.6 Å². The summed E-state index contributed by atoms with van der Waals surface area (Å²) in [5.74, 6) is -0.187. The first-order valence-electron chi connectivity index (χ1n) is 10.8. The van der Waals surface area contributed by atoms with E-state index in [1.165, 1.54) is 23.5 Å². The number of nitrogens with zero attached hydrogens (tertiary/aromatic N) is 1. The van der Waals surface area contributed by atoms with Gasteiger partial charge in [0, 0.05) is 18.8 Å². The number of amides is 3. The van der Waals surface area contributed by atoms with E-state index in [9.17, 15) is 18.0 Å². The fourth-order valence-corrected chi connectivity index (χ4v) is 5.61. The van der Waals surface area contributed by atoms with Gasteiger partial charge < -0.3 is 21.1 Å². The van der Waals surface area contributed by atoms with Crippen LogP contribution >= 0.6 is 0 Å². The molecular weight excluding hydrogens is 444 g/mol. The summed E-state index contributed by atoms with van der Waals surface area (Å²) in [5, 5.41) is 5.32. The van der Waals surface area contributed by atoms with Crippen LogP contribution in [-0.4, -0.2) is 44.9 Å². The number of benzene rings is 2. The van der Waals surface area contributed by atoms with Crippen LogP contribution in [0.5, 0.6) is 5.75 Å². The number of carbonyl (C=O) groups is 2. The summed E-state index contributed by atoms with van der Waals surface area (Å²) in [6, 6.07) is 10.5. The maximum Gasteiger partial charge on any atom is 0.312 e. The van der Waals surface area contributed by atoms with E-state index in [2.05, 4.69) is 10.6 Å². The van der Waals surface area contributed by atoms with Gasteiger partial charge in [-0.15, -0.1) is 0 Å². The van der Waals surface area contributed by atoms with E-state index in [0.717, 1.165) is 30.4 Å². The molecule has 0 aliphatic carbocycles. The number of hydrogen-bond acceptors (Lipinski definition) is 5. The Morgan fingerprint density at radius 3 is 2.48 bits per heavy atom. The number of aryl methyl sites for hydroxylation is 1. The fraction of sp³-hybridized carbons (Fsp3) is 0.391. The Balaban J connectivity index is 1.81. The highest BCUT2D eigenvalue weighted by atomic mass is 32.2. The molecule has 3 rings (SSSR count). The number of anilines is 1. The molecule has 1 atom stereocenters. The Morgan fingerprint density at radius 1 is 1.12 bits per heavy atom. The SMILES string of the molecule is COc1ccc(NC(=O)C[C@@H](NC(N)=O)c2cccc(C)c2)cc1S(=O)(=O)N1CCCCC1. The summed E-state index contributed by atoms with van der Waals surface area (Å²) in [5.41, 5.74) is 7.34. The minimum Gasteiger partial charge on any atom is -0.495 e. The number of rotatable bonds is 8. The Kier molecular flexibility index (Phi) is 7.93. The molecule has 0 radical (unpaired) electrons. The molecule has 1 aliphatic heterocycles. The molecule has 10 heteroatoms. The second kappa shape index (κ2) is 10.7. The number of sulfonamides is 1. The molecule has 3 amide bonds. The van der Waals surface area contributed by atoms with Crippen LogP contribution < -0.4 is 21.1 Å². The van der Waals surface area contributed by atoms with E-state index in [1.807, 2.05) is 25.1 Å². The lowest BCUT2D eigenvalue weighted by atomic mass is 10.0. The van der Waals surface area contributed by atoms with Crippen molar-refractivity contribution in [1.29, 1.82) is 0 Å². The first-order valence-corrected chi connectivity index (χ1v) is 12.3. The summed E-state index contributed by atoms with van der Waals surface area (Å²) in [6.07, 6.45) is 2.55. The molecule has 0 bridgehead atoms. The number of nitrogens with two attached hydrogens (primary N) is 1. The van der Waals surface area contributed by atoms with Crippen LogP contribution in [0.15, 0.2) is 47.4 Å². The van der Waals surface area contributed by atoms with E-state index in [0.29, 0.717) is 18.8 Å². The molecule has 2 aromatic carbocycles. The van der Waals surface area contributed by atoms with Gasteiger partial charge >= 0.3 is 6.03 Å². The number of urea groups is 1. The van der Waals surface area contributed by atoms with Crippen LogP contribution in [0.1, 0.15) is 42.9 Å². The molecule has 1 heterocycles. The van der Waals surface area contributed by atoms with Gasteiger partial charge in [-0.3, -0.25) is 4.79 Å². The van der Waals surface area contributed by atoms with Gasteiger partial charge in [0.15, 0.2) is 0 Å². The number of nitrogens with one attached hydrogen (secondary N) is 2. The number of hydrogen-bond donors (Lipinski definition) is 3. The smallest absolute Gasteiger partial charge is 0.312 e. The van der Waals surface area contributed by atoms with E-state index in [1.54, 1.807) is 12.1 Å². The Morgan fingerprint density at radius 2 is 1.85 bits per heavy atom. The van der Waals surface area contributed by atoms with Crippen LogP contribution in [0.3, 0.4) is 0 Å². The van der Waals surface area contributed by atoms with Crippen LogP contribution in [0.2, 0.25) is 0 Å². The van der Waals surface area contributed by atoms with Crippen LogP contribution in [0, 0.1) is 6.92 Å². The first-order chi connectivity index (χ1) is 15.7. The quantitative estimate of drug-likeness (QED) is 0.541. The summed E-state index contributed by atoms with van der Waals surface area (Å²) in [6.45, 7) is 2.82. The van der Waals surface area contributed by atoms with Crippen LogP contribution in [0.25, 0.3) is 0 Å². The standard InChI is InChI=1S/C23H30N4O5S/c1-16-7-6-8-17(13-16)19(26-23(24)29)15-22(28)25-18-9-10-20(32-2)21(14-18)33(30,31)27-11-4-3-5-12-27/h6-10,13-14,19H,3-5,11-12,15H2,1-2H3,(H,25,28)(H3,24,26,29)/t19-/m1/s1. The molecule has 1 aliphatic rings. The van der Waals surface area contributed by atoms with Crippen LogP contribution in [-0.2, 0) is 14.8 Å². The third-order valence-electron chi connectivity index (χ3n) is 5.53. The summed E-state index contributed by atoms with van der Waals surface area (Å²) in [7, 11) is -2.36. The van der Waals surface area contributed by atoms with Crippen LogP contribution in [0.4, 0.5) is 10.5 Å². The van der Waals surface area contributed by atoms with Crippen molar-refractivity contribution in [3.63, 3.8) is 0 Å². The van der Waals surface area contributed by atoms with Crippen molar-refractivity contribution in [2.75, 3.05) is 25.5 Å². The van der Waals surface area contributed by atoms with E-state index < -0.39 is 28.0 Å². The average molecular weight is 475 g/mol. The minimum absolute atomic E-state index is 0.00944. The van der Waals surface area contributed by atoms with Crippen molar-refractivity contribution in [2.45, 2.75) is 43.5 Å². The van der Waals surface area contributed by atoms with Gasteiger partial charge in [0.25, 0.3) is 0 Å². The van der Waals surface area contributed by atoms with Gasteiger partial charge in [0.2, 0.25) is 15.9 Å². The van der Waals surface area contributed by atoms with Crippen molar-refractivity contribution in [2.24, 2.45) is 5.73 Å². The predicted octanol–water partition coefficient (Wildman–Crippen LogP) is 2.92. The molecule has 1 fully saturated rings. The Labute approximate surface area is 194 Å². The molecule has 4 N–H and O–H groups in total. The van der Waals surface area contributed by atoms with E-state index >= 15 is 0 Å². The zero-order chi connectivity index (χ0) is 24.0. The van der Waals surface area contributed by atoms with Gasteiger partial charge in [-0.25, -0.2) is 13.2 Å². The number of methoxy groups -OCH3 is 1. The lowest BCUT2D eigenvalue weighted by Gasteiger charge is -2.26. The zero-order valence-corrected chi connectivity index (χ0v) is 19.7. The predicted molar refractivity (Wildman–Crippen MR) is 125 cm³/mol. The maximum absolute atomic E-state index is 13.2. The molecule has 9 nitrogen and oxygen atoms in total. The van der Waals surface area contributed by atoms with Crippen molar-refractivity contribution >= 4 is 27.6 Å². The molecule has 0 saturated carbocycles. The first kappa shape index (κ1) is 24.5. The lowest BCUT2D eigenvalue weighted by Crippen LogP contribution is -2.36.